The zero-order valence-corrected chi connectivity index (χ0v) is 13.7. The van der Waals surface area contributed by atoms with Gasteiger partial charge in [0.05, 0.1) is 5.39 Å². The first-order valence-electron chi connectivity index (χ1n) is 7.62. The zero-order valence-electron chi connectivity index (χ0n) is 13.7. The highest BCUT2D eigenvalue weighted by Gasteiger charge is 2.15. The zero-order chi connectivity index (χ0) is 18.0. The summed E-state index contributed by atoms with van der Waals surface area (Å²) in [6, 6.07) is 12.1. The van der Waals surface area contributed by atoms with Crippen LogP contribution in [0, 0.1) is 13.8 Å². The molecular weight excluding hydrogens is 320 g/mol. The Kier molecular flexibility index (Phi) is 4.30. The van der Waals surface area contributed by atoms with E-state index >= 15 is 0 Å². The third-order valence-electron chi connectivity index (χ3n) is 3.84. The molecule has 0 aliphatic heterocycles. The molecule has 2 aromatic carbocycles. The Labute approximate surface area is 143 Å². The van der Waals surface area contributed by atoms with Crippen molar-refractivity contribution in [2.75, 3.05) is 0 Å². The van der Waals surface area contributed by atoms with Gasteiger partial charge in [-0.1, -0.05) is 35.9 Å². The third kappa shape index (κ3) is 3.25. The van der Waals surface area contributed by atoms with Gasteiger partial charge in [-0.25, -0.2) is 5.10 Å². The van der Waals surface area contributed by atoms with Crippen molar-refractivity contribution in [3.8, 4) is 0 Å². The van der Waals surface area contributed by atoms with E-state index in [1.807, 2.05) is 26.0 Å². The van der Waals surface area contributed by atoms with Crippen LogP contribution in [0.2, 0.25) is 0 Å². The summed E-state index contributed by atoms with van der Waals surface area (Å²) in [6.07, 6.45) is 0. The molecule has 0 aliphatic carbocycles. The molecule has 3 N–H and O–H groups in total. The molecule has 0 aliphatic rings. The molecule has 25 heavy (non-hydrogen) atoms. The van der Waals surface area contributed by atoms with Crippen molar-refractivity contribution in [3.63, 3.8) is 0 Å². The van der Waals surface area contributed by atoms with Crippen LogP contribution in [-0.4, -0.2) is 22.0 Å². The minimum Gasteiger partial charge on any atom is -0.267 e. The maximum Gasteiger partial charge on any atom is 0.290 e. The number of hydrazine groups is 1. The Morgan fingerprint density at radius 3 is 2.40 bits per heavy atom. The molecule has 0 bridgehead atoms. The maximum atomic E-state index is 12.3. The number of rotatable bonds is 2. The van der Waals surface area contributed by atoms with Crippen LogP contribution in [0.15, 0.2) is 47.3 Å². The number of hydrogen-bond acceptors (Lipinski definition) is 4. The molecule has 0 radical (unpaired) electrons. The summed E-state index contributed by atoms with van der Waals surface area (Å²) in [4.78, 5) is 36.4. The average Bonchev–Trinajstić information content (AvgIpc) is 2.62. The Morgan fingerprint density at radius 1 is 0.960 bits per heavy atom. The van der Waals surface area contributed by atoms with Crippen LogP contribution in [-0.2, 0) is 0 Å². The number of carbonyl (C=O) groups excluding carboxylic acids is 2. The smallest absolute Gasteiger partial charge is 0.267 e. The molecule has 126 valence electrons. The quantitative estimate of drug-likeness (QED) is 0.619. The van der Waals surface area contributed by atoms with Crippen LogP contribution in [0.25, 0.3) is 10.8 Å². The van der Waals surface area contributed by atoms with Crippen molar-refractivity contribution >= 4 is 22.6 Å². The van der Waals surface area contributed by atoms with E-state index in [0.29, 0.717) is 16.3 Å². The SMILES string of the molecule is Cc1ccc(C)c(C(=O)NNC(=O)c2n[nH]c(=O)c3ccccc23)c1. The van der Waals surface area contributed by atoms with E-state index in [-0.39, 0.29) is 11.3 Å². The van der Waals surface area contributed by atoms with E-state index in [1.165, 1.54) is 0 Å². The Hall–Kier alpha value is -3.48. The summed E-state index contributed by atoms with van der Waals surface area (Å²) in [7, 11) is 0. The lowest BCUT2D eigenvalue weighted by Crippen LogP contribution is -2.42. The third-order valence-corrected chi connectivity index (χ3v) is 3.84. The normalized spacial score (nSPS) is 10.5. The number of aromatic amines is 1. The van der Waals surface area contributed by atoms with Gasteiger partial charge >= 0.3 is 0 Å². The number of fused-ring (bicyclic) bond motifs is 1. The predicted octanol–water partition coefficient (Wildman–Crippen LogP) is 1.61. The van der Waals surface area contributed by atoms with Gasteiger partial charge in [-0.05, 0) is 31.5 Å². The summed E-state index contributed by atoms with van der Waals surface area (Å²) in [5.41, 5.74) is 6.56. The molecule has 0 saturated carbocycles. The summed E-state index contributed by atoms with van der Waals surface area (Å²) in [5, 5.41) is 6.83. The number of aryl methyl sites for hydroxylation is 2. The number of H-pyrrole nitrogens is 1. The molecule has 2 amide bonds. The second-order valence-electron chi connectivity index (χ2n) is 5.67. The topological polar surface area (TPSA) is 104 Å². The van der Waals surface area contributed by atoms with Crippen LogP contribution in [0.3, 0.4) is 0 Å². The highest BCUT2D eigenvalue weighted by molar-refractivity contribution is 6.06. The fraction of sp³-hybridized carbons (Fsp3) is 0.111. The lowest BCUT2D eigenvalue weighted by atomic mass is 10.1. The highest BCUT2D eigenvalue weighted by Crippen LogP contribution is 2.12. The molecule has 7 heteroatoms. The first-order valence-corrected chi connectivity index (χ1v) is 7.62. The van der Waals surface area contributed by atoms with E-state index in [9.17, 15) is 14.4 Å². The first kappa shape index (κ1) is 16.4. The fourth-order valence-electron chi connectivity index (χ4n) is 2.51. The molecule has 0 spiro atoms. The molecular formula is C18H16N4O3. The minimum absolute atomic E-state index is 0.0245. The van der Waals surface area contributed by atoms with E-state index in [4.69, 9.17) is 0 Å². The second kappa shape index (κ2) is 6.56. The molecule has 0 unspecified atom stereocenters. The summed E-state index contributed by atoms with van der Waals surface area (Å²) in [6.45, 7) is 3.69. The van der Waals surface area contributed by atoms with Crippen molar-refractivity contribution in [2.45, 2.75) is 13.8 Å². The van der Waals surface area contributed by atoms with Crippen LogP contribution < -0.4 is 16.4 Å². The van der Waals surface area contributed by atoms with Crippen LogP contribution >= 0.6 is 0 Å². The van der Waals surface area contributed by atoms with Crippen molar-refractivity contribution in [1.29, 1.82) is 0 Å². The minimum atomic E-state index is -0.619. The van der Waals surface area contributed by atoms with Gasteiger partial charge in [0.2, 0.25) is 0 Å². The lowest BCUT2D eigenvalue weighted by Gasteiger charge is -2.10. The van der Waals surface area contributed by atoms with Gasteiger partial charge in [0.15, 0.2) is 5.69 Å². The van der Waals surface area contributed by atoms with Gasteiger partial charge in [0.1, 0.15) is 0 Å². The van der Waals surface area contributed by atoms with Crippen LogP contribution in [0.1, 0.15) is 32.0 Å². The number of nitrogens with zero attached hydrogens (tertiary/aromatic N) is 1. The largest absolute Gasteiger partial charge is 0.290 e. The van der Waals surface area contributed by atoms with Crippen LogP contribution in [0.5, 0.6) is 0 Å². The van der Waals surface area contributed by atoms with E-state index in [2.05, 4.69) is 21.0 Å². The molecule has 1 aromatic heterocycles. The van der Waals surface area contributed by atoms with E-state index in [1.54, 1.807) is 30.3 Å². The summed E-state index contributed by atoms with van der Waals surface area (Å²) in [5.74, 6) is -1.05. The Balaban J connectivity index is 1.82. The Bertz CT molecular complexity index is 1040. The molecule has 3 rings (SSSR count). The van der Waals surface area contributed by atoms with Gasteiger partial charge in [-0.3, -0.25) is 25.2 Å². The van der Waals surface area contributed by atoms with Crippen molar-refractivity contribution < 1.29 is 9.59 Å². The molecule has 7 nitrogen and oxygen atoms in total. The molecule has 3 aromatic rings. The number of benzene rings is 2. The summed E-state index contributed by atoms with van der Waals surface area (Å²) >= 11 is 0. The maximum absolute atomic E-state index is 12.3. The molecule has 0 saturated heterocycles. The molecule has 1 heterocycles. The van der Waals surface area contributed by atoms with Crippen molar-refractivity contribution in [1.82, 2.24) is 21.0 Å². The van der Waals surface area contributed by atoms with Gasteiger partial charge in [-0.15, -0.1) is 0 Å². The summed E-state index contributed by atoms with van der Waals surface area (Å²) < 4.78 is 0. The van der Waals surface area contributed by atoms with Gasteiger partial charge in [0, 0.05) is 10.9 Å². The van der Waals surface area contributed by atoms with Gasteiger partial charge < -0.3 is 0 Å². The van der Waals surface area contributed by atoms with E-state index < -0.39 is 11.8 Å². The number of nitrogens with one attached hydrogen (secondary N) is 3. The number of aromatic nitrogens is 2. The first-order chi connectivity index (χ1) is 12.0. The van der Waals surface area contributed by atoms with Crippen molar-refractivity contribution in [3.05, 3.63) is 75.2 Å². The van der Waals surface area contributed by atoms with Crippen molar-refractivity contribution in [2.24, 2.45) is 0 Å². The second-order valence-corrected chi connectivity index (χ2v) is 5.67. The molecule has 0 atom stereocenters. The predicted molar refractivity (Wildman–Crippen MR) is 93.2 cm³/mol. The Morgan fingerprint density at radius 2 is 1.64 bits per heavy atom. The standard InChI is InChI=1S/C18H16N4O3/c1-10-7-8-11(2)14(9-10)17(24)21-22-18(25)15-12-5-3-4-6-13(12)16(23)20-19-15/h3-9H,1-2H3,(H,20,23)(H,21,24)(H,22,25). The number of carbonyl (C=O) groups is 2. The van der Waals surface area contributed by atoms with Gasteiger partial charge in [-0.2, -0.15) is 5.10 Å². The van der Waals surface area contributed by atoms with Gasteiger partial charge in [0.25, 0.3) is 17.4 Å². The monoisotopic (exact) mass is 336 g/mol. The fourth-order valence-corrected chi connectivity index (χ4v) is 2.51. The highest BCUT2D eigenvalue weighted by atomic mass is 16.2. The number of amides is 2. The lowest BCUT2D eigenvalue weighted by molar-refractivity contribution is 0.0844. The average molecular weight is 336 g/mol. The van der Waals surface area contributed by atoms with Crippen LogP contribution in [0.4, 0.5) is 0 Å². The molecule has 0 fully saturated rings. The number of hydrogen-bond donors (Lipinski definition) is 3. The van der Waals surface area contributed by atoms with E-state index in [0.717, 1.165) is 11.1 Å².